The molecule has 1 aliphatic heterocycles. The molecule has 0 saturated carbocycles. The molecule has 0 unspecified atom stereocenters. The van der Waals surface area contributed by atoms with Gasteiger partial charge in [-0.25, -0.2) is 0 Å². The van der Waals surface area contributed by atoms with E-state index >= 15 is 0 Å². The van der Waals surface area contributed by atoms with Gasteiger partial charge in [0.1, 0.15) is 5.75 Å². The second kappa shape index (κ2) is 7.98. The predicted octanol–water partition coefficient (Wildman–Crippen LogP) is 3.72. The van der Waals surface area contributed by atoms with Crippen LogP contribution < -0.4 is 9.64 Å². The lowest BCUT2D eigenvalue weighted by atomic mass is 10.2. The quantitative estimate of drug-likeness (QED) is 0.668. The summed E-state index contributed by atoms with van der Waals surface area (Å²) in [7, 11) is 1.71. The van der Waals surface area contributed by atoms with Crippen molar-refractivity contribution in [2.45, 2.75) is 6.54 Å². The van der Waals surface area contributed by atoms with Crippen molar-refractivity contribution in [2.75, 3.05) is 38.2 Å². The highest BCUT2D eigenvalue weighted by Crippen LogP contribution is 2.29. The second-order valence-electron chi connectivity index (χ2n) is 6.43. The van der Waals surface area contributed by atoms with Crippen LogP contribution in [0.2, 0.25) is 5.02 Å². The summed E-state index contributed by atoms with van der Waals surface area (Å²) in [5.41, 5.74) is 1.90. The first-order valence-corrected chi connectivity index (χ1v) is 9.30. The monoisotopic (exact) mass is 384 g/mol. The molecule has 1 aliphatic rings. The van der Waals surface area contributed by atoms with Gasteiger partial charge >= 0.3 is 0 Å². The van der Waals surface area contributed by atoms with E-state index in [1.807, 2.05) is 42.5 Å². The van der Waals surface area contributed by atoms with E-state index in [1.54, 1.807) is 7.11 Å². The molecule has 140 valence electrons. The summed E-state index contributed by atoms with van der Waals surface area (Å²) < 4.78 is 10.9. The third kappa shape index (κ3) is 3.91. The van der Waals surface area contributed by atoms with Gasteiger partial charge in [0.2, 0.25) is 0 Å². The lowest BCUT2D eigenvalue weighted by Crippen LogP contribution is -2.46. The van der Waals surface area contributed by atoms with E-state index in [0.717, 1.165) is 43.2 Å². The number of aromatic nitrogens is 2. The molecule has 1 fully saturated rings. The molecule has 0 spiro atoms. The highest BCUT2D eigenvalue weighted by Gasteiger charge is 2.21. The van der Waals surface area contributed by atoms with Gasteiger partial charge in [-0.2, -0.15) is 4.98 Å². The van der Waals surface area contributed by atoms with Gasteiger partial charge in [0.05, 0.1) is 29.9 Å². The molecule has 0 atom stereocenters. The lowest BCUT2D eigenvalue weighted by molar-refractivity contribution is 0.239. The third-order valence-corrected chi connectivity index (χ3v) is 5.07. The third-order valence-electron chi connectivity index (χ3n) is 4.74. The summed E-state index contributed by atoms with van der Waals surface area (Å²) >= 11 is 6.20. The maximum Gasteiger partial charge on any atom is 0.259 e. The molecule has 0 bridgehead atoms. The van der Waals surface area contributed by atoms with E-state index in [-0.39, 0.29) is 0 Å². The van der Waals surface area contributed by atoms with Crippen molar-refractivity contribution in [3.05, 3.63) is 59.4 Å². The molecule has 3 aromatic rings. The molecule has 6 nitrogen and oxygen atoms in total. The molecule has 0 N–H and O–H groups in total. The van der Waals surface area contributed by atoms with E-state index in [1.165, 1.54) is 0 Å². The fourth-order valence-corrected chi connectivity index (χ4v) is 3.52. The van der Waals surface area contributed by atoms with Gasteiger partial charge in [0.15, 0.2) is 5.82 Å². The van der Waals surface area contributed by atoms with Crippen molar-refractivity contribution in [2.24, 2.45) is 0 Å². The summed E-state index contributed by atoms with van der Waals surface area (Å²) in [5, 5.41) is 4.72. The van der Waals surface area contributed by atoms with Crippen molar-refractivity contribution in [3.8, 4) is 17.2 Å². The number of benzene rings is 2. The zero-order valence-electron chi connectivity index (χ0n) is 15.1. The Morgan fingerprint density at radius 2 is 1.78 bits per heavy atom. The first-order chi connectivity index (χ1) is 13.2. The van der Waals surface area contributed by atoms with Gasteiger partial charge in [-0.1, -0.05) is 41.0 Å². The zero-order chi connectivity index (χ0) is 18.6. The van der Waals surface area contributed by atoms with E-state index in [0.29, 0.717) is 23.3 Å². The standard InChI is InChI=1S/C20H21ClN4O2/c1-26-18-9-5-4-8-17(18)25-12-10-24(11-13-25)14-19-22-20(27-23-19)15-6-2-3-7-16(15)21/h2-9H,10-14H2,1H3. The largest absolute Gasteiger partial charge is 0.495 e. The van der Waals surface area contributed by atoms with E-state index in [2.05, 4.69) is 26.0 Å². The normalized spacial score (nSPS) is 15.1. The van der Waals surface area contributed by atoms with Gasteiger partial charge in [0.25, 0.3) is 5.89 Å². The number of para-hydroxylation sites is 2. The maximum absolute atomic E-state index is 6.20. The number of rotatable bonds is 5. The highest BCUT2D eigenvalue weighted by atomic mass is 35.5. The molecular weight excluding hydrogens is 364 g/mol. The minimum absolute atomic E-state index is 0.461. The Hall–Kier alpha value is -2.57. The Bertz CT molecular complexity index is 906. The topological polar surface area (TPSA) is 54.6 Å². The molecule has 7 heteroatoms. The molecule has 4 rings (SSSR count). The van der Waals surface area contributed by atoms with Crippen LogP contribution in [0.3, 0.4) is 0 Å². The molecule has 1 saturated heterocycles. The van der Waals surface area contributed by atoms with Gasteiger partial charge in [-0.05, 0) is 24.3 Å². The average molecular weight is 385 g/mol. The Labute approximate surface area is 163 Å². The Kier molecular flexibility index (Phi) is 5.27. The molecule has 27 heavy (non-hydrogen) atoms. The van der Waals surface area contributed by atoms with Crippen LogP contribution in [0.25, 0.3) is 11.5 Å². The van der Waals surface area contributed by atoms with Crippen LogP contribution in [0.4, 0.5) is 5.69 Å². The summed E-state index contributed by atoms with van der Waals surface area (Å²) in [6.45, 7) is 4.36. The fraction of sp³-hybridized carbons (Fsp3) is 0.300. The van der Waals surface area contributed by atoms with Crippen LogP contribution in [0.15, 0.2) is 53.1 Å². The molecule has 2 aromatic carbocycles. The van der Waals surface area contributed by atoms with Crippen molar-refractivity contribution in [1.82, 2.24) is 15.0 Å². The van der Waals surface area contributed by atoms with Crippen molar-refractivity contribution < 1.29 is 9.26 Å². The molecule has 0 amide bonds. The SMILES string of the molecule is COc1ccccc1N1CCN(Cc2noc(-c3ccccc3Cl)n2)CC1. The van der Waals surface area contributed by atoms with Gasteiger partial charge < -0.3 is 14.2 Å². The molecular formula is C20H21ClN4O2. The van der Waals surface area contributed by atoms with Crippen LogP contribution in [0.1, 0.15) is 5.82 Å². The van der Waals surface area contributed by atoms with Crippen molar-refractivity contribution in [1.29, 1.82) is 0 Å². The number of ether oxygens (including phenoxy) is 1. The molecule has 1 aromatic heterocycles. The van der Waals surface area contributed by atoms with E-state index in [4.69, 9.17) is 20.9 Å². The van der Waals surface area contributed by atoms with Gasteiger partial charge in [-0.15, -0.1) is 0 Å². The van der Waals surface area contributed by atoms with E-state index in [9.17, 15) is 0 Å². The highest BCUT2D eigenvalue weighted by molar-refractivity contribution is 6.33. The van der Waals surface area contributed by atoms with Crippen LogP contribution in [0, 0.1) is 0 Å². The first-order valence-electron chi connectivity index (χ1n) is 8.92. The fourth-order valence-electron chi connectivity index (χ4n) is 3.30. The van der Waals surface area contributed by atoms with Crippen LogP contribution in [-0.4, -0.2) is 48.3 Å². The zero-order valence-corrected chi connectivity index (χ0v) is 15.9. The lowest BCUT2D eigenvalue weighted by Gasteiger charge is -2.36. The predicted molar refractivity (Wildman–Crippen MR) is 105 cm³/mol. The summed E-state index contributed by atoms with van der Waals surface area (Å²) in [4.78, 5) is 9.18. The molecule has 0 aliphatic carbocycles. The Morgan fingerprint density at radius 3 is 2.56 bits per heavy atom. The summed E-state index contributed by atoms with van der Waals surface area (Å²) in [5.74, 6) is 2.05. The number of piperazine rings is 1. The van der Waals surface area contributed by atoms with Crippen LogP contribution >= 0.6 is 11.6 Å². The van der Waals surface area contributed by atoms with Crippen LogP contribution in [0.5, 0.6) is 5.75 Å². The second-order valence-corrected chi connectivity index (χ2v) is 6.84. The maximum atomic E-state index is 6.20. The summed E-state index contributed by atoms with van der Waals surface area (Å²) in [6.07, 6.45) is 0. The number of anilines is 1. The number of hydrogen-bond acceptors (Lipinski definition) is 6. The number of nitrogens with zero attached hydrogens (tertiary/aromatic N) is 4. The Morgan fingerprint density at radius 1 is 1.04 bits per heavy atom. The number of hydrogen-bond donors (Lipinski definition) is 0. The summed E-state index contributed by atoms with van der Waals surface area (Å²) in [6, 6.07) is 15.6. The van der Waals surface area contributed by atoms with Crippen molar-refractivity contribution in [3.63, 3.8) is 0 Å². The average Bonchev–Trinajstić information content (AvgIpc) is 3.17. The Balaban J connectivity index is 1.38. The number of methoxy groups -OCH3 is 1. The smallest absolute Gasteiger partial charge is 0.259 e. The first kappa shape index (κ1) is 17.8. The van der Waals surface area contributed by atoms with Crippen LogP contribution in [-0.2, 0) is 6.54 Å². The minimum atomic E-state index is 0.461. The molecule has 0 radical (unpaired) electrons. The van der Waals surface area contributed by atoms with Gasteiger partial charge in [0, 0.05) is 26.2 Å². The van der Waals surface area contributed by atoms with E-state index < -0.39 is 0 Å². The van der Waals surface area contributed by atoms with Crippen molar-refractivity contribution >= 4 is 17.3 Å². The number of halogens is 1. The van der Waals surface area contributed by atoms with Gasteiger partial charge in [-0.3, -0.25) is 4.90 Å². The molecule has 2 heterocycles. The minimum Gasteiger partial charge on any atom is -0.495 e.